The number of benzene rings is 3. The van der Waals surface area contributed by atoms with E-state index in [1.807, 2.05) is 66.0 Å². The van der Waals surface area contributed by atoms with Crippen LogP contribution in [0.15, 0.2) is 78.9 Å². The maximum Gasteiger partial charge on any atom is 0.275 e. The Morgan fingerprint density at radius 2 is 1.40 bits per heavy atom. The second-order valence-electron chi connectivity index (χ2n) is 6.69. The Bertz CT molecular complexity index is 958. The second kappa shape index (κ2) is 10.3. The third kappa shape index (κ3) is 5.96. The van der Waals surface area contributed by atoms with Gasteiger partial charge < -0.3 is 16.0 Å². The van der Waals surface area contributed by atoms with Crippen LogP contribution in [0.25, 0.3) is 0 Å². The van der Waals surface area contributed by atoms with Gasteiger partial charge >= 0.3 is 0 Å². The van der Waals surface area contributed by atoms with Gasteiger partial charge in [0.15, 0.2) is 18.2 Å². The highest BCUT2D eigenvalue weighted by molar-refractivity contribution is 5.94. The molecular formula is C23H22F2N3O2+. The molecule has 4 N–H and O–H groups in total. The van der Waals surface area contributed by atoms with Crippen LogP contribution >= 0.6 is 0 Å². The lowest BCUT2D eigenvalue weighted by Gasteiger charge is -2.16. The van der Waals surface area contributed by atoms with E-state index in [0.29, 0.717) is 0 Å². The van der Waals surface area contributed by atoms with Gasteiger partial charge in [-0.05, 0) is 12.1 Å². The van der Waals surface area contributed by atoms with Crippen molar-refractivity contribution in [1.29, 1.82) is 0 Å². The summed E-state index contributed by atoms with van der Waals surface area (Å²) in [6, 6.07) is 22.6. The van der Waals surface area contributed by atoms with E-state index >= 15 is 0 Å². The predicted octanol–water partition coefficient (Wildman–Crippen LogP) is 2.37. The van der Waals surface area contributed by atoms with Gasteiger partial charge in [-0.1, -0.05) is 60.7 Å². The first kappa shape index (κ1) is 21.1. The number of carbonyl (C=O) groups excluding carboxylic acids is 2. The van der Waals surface area contributed by atoms with E-state index in [-0.39, 0.29) is 30.7 Å². The number of hydrogen-bond donors (Lipinski definition) is 3. The second-order valence-corrected chi connectivity index (χ2v) is 6.69. The van der Waals surface area contributed by atoms with Crippen LogP contribution in [0.5, 0.6) is 0 Å². The molecule has 3 rings (SSSR count). The average molecular weight is 410 g/mol. The highest BCUT2D eigenvalue weighted by atomic mass is 19.2. The zero-order valence-electron chi connectivity index (χ0n) is 16.1. The molecule has 0 bridgehead atoms. The first-order valence-corrected chi connectivity index (χ1v) is 9.48. The number of halogens is 2. The minimum atomic E-state index is -1.06. The van der Waals surface area contributed by atoms with E-state index in [4.69, 9.17) is 0 Å². The van der Waals surface area contributed by atoms with Crippen molar-refractivity contribution in [2.75, 3.05) is 18.4 Å². The number of amides is 2. The Balaban J connectivity index is 1.53. The molecule has 0 aromatic heterocycles. The zero-order valence-corrected chi connectivity index (χ0v) is 16.1. The number of nitrogens with one attached hydrogen (secondary N) is 2. The Kier molecular flexibility index (Phi) is 7.24. The summed E-state index contributed by atoms with van der Waals surface area (Å²) in [6.07, 6.45) is 0. The number of anilines is 1. The fourth-order valence-corrected chi connectivity index (χ4v) is 3.04. The van der Waals surface area contributed by atoms with Gasteiger partial charge in [0.2, 0.25) is 5.91 Å². The van der Waals surface area contributed by atoms with Crippen molar-refractivity contribution in [3.63, 3.8) is 0 Å². The van der Waals surface area contributed by atoms with Crippen LogP contribution in [0.4, 0.5) is 14.5 Å². The third-order valence-corrected chi connectivity index (χ3v) is 4.51. The summed E-state index contributed by atoms with van der Waals surface area (Å²) >= 11 is 0. The van der Waals surface area contributed by atoms with Crippen LogP contribution < -0.4 is 16.0 Å². The van der Waals surface area contributed by atoms with E-state index in [2.05, 4.69) is 10.6 Å². The lowest BCUT2D eigenvalue weighted by Crippen LogP contribution is -2.87. The summed E-state index contributed by atoms with van der Waals surface area (Å²) < 4.78 is 26.1. The Morgan fingerprint density at radius 1 is 0.800 bits per heavy atom. The molecule has 0 aliphatic heterocycles. The van der Waals surface area contributed by atoms with Crippen LogP contribution in [0, 0.1) is 11.6 Å². The van der Waals surface area contributed by atoms with Gasteiger partial charge in [-0.2, -0.15) is 0 Å². The molecule has 0 fully saturated rings. The lowest BCUT2D eigenvalue weighted by atomic mass is 9.99. The fraction of sp³-hybridized carbons (Fsp3) is 0.130. The average Bonchev–Trinajstić information content (AvgIpc) is 2.76. The molecule has 3 aromatic rings. The van der Waals surface area contributed by atoms with Gasteiger partial charge in [-0.15, -0.1) is 0 Å². The summed E-state index contributed by atoms with van der Waals surface area (Å²) in [4.78, 5) is 24.2. The van der Waals surface area contributed by atoms with Gasteiger partial charge in [-0.3, -0.25) is 9.59 Å². The van der Waals surface area contributed by atoms with Crippen LogP contribution in [0.3, 0.4) is 0 Å². The highest BCUT2D eigenvalue weighted by Crippen LogP contribution is 2.17. The predicted molar refractivity (Wildman–Crippen MR) is 110 cm³/mol. The largest absolute Gasteiger partial charge is 0.342 e. The van der Waals surface area contributed by atoms with Crippen LogP contribution in [-0.4, -0.2) is 24.9 Å². The normalized spacial score (nSPS) is 10.6. The monoisotopic (exact) mass is 410 g/mol. The van der Waals surface area contributed by atoms with Crippen molar-refractivity contribution in [1.82, 2.24) is 5.32 Å². The summed E-state index contributed by atoms with van der Waals surface area (Å²) in [5.74, 6) is -2.90. The number of quaternary nitrogens is 1. The maximum absolute atomic E-state index is 13.2. The van der Waals surface area contributed by atoms with E-state index < -0.39 is 17.5 Å². The quantitative estimate of drug-likeness (QED) is 0.533. The smallest absolute Gasteiger partial charge is 0.275 e. The Labute approximate surface area is 173 Å². The van der Waals surface area contributed by atoms with Crippen molar-refractivity contribution in [3.05, 3.63) is 102 Å². The van der Waals surface area contributed by atoms with Crippen LogP contribution in [0.2, 0.25) is 0 Å². The van der Waals surface area contributed by atoms with Gasteiger partial charge in [0, 0.05) is 22.9 Å². The van der Waals surface area contributed by atoms with E-state index in [1.165, 1.54) is 6.07 Å². The number of hydrogen-bond acceptors (Lipinski definition) is 2. The number of nitrogens with two attached hydrogens (primary N) is 1. The summed E-state index contributed by atoms with van der Waals surface area (Å²) in [6.45, 7) is -0.153. The van der Waals surface area contributed by atoms with Crippen molar-refractivity contribution in [3.8, 4) is 0 Å². The fourth-order valence-electron chi connectivity index (χ4n) is 3.04. The SMILES string of the molecule is O=C(C[NH2+]C(c1ccccc1)c1ccccc1)NCC(=O)Nc1ccc(F)c(F)c1. The lowest BCUT2D eigenvalue weighted by molar-refractivity contribution is -0.676. The minimum Gasteiger partial charge on any atom is -0.342 e. The standard InChI is InChI=1S/C23H21F2N3O2/c24-19-12-11-18(13-20(19)25)28-22(30)15-26-21(29)14-27-23(16-7-3-1-4-8-16)17-9-5-2-6-10-17/h1-13,23,27H,14-15H2,(H,26,29)(H,28,30)/p+1. The molecule has 0 saturated heterocycles. The van der Waals surface area contributed by atoms with Crippen molar-refractivity contribution in [2.45, 2.75) is 6.04 Å². The molecule has 0 atom stereocenters. The molecule has 5 nitrogen and oxygen atoms in total. The molecule has 0 aliphatic rings. The van der Waals surface area contributed by atoms with Gasteiger partial charge in [0.05, 0.1) is 6.54 Å². The molecule has 3 aromatic carbocycles. The zero-order chi connectivity index (χ0) is 21.3. The third-order valence-electron chi connectivity index (χ3n) is 4.51. The first-order valence-electron chi connectivity index (χ1n) is 9.48. The van der Waals surface area contributed by atoms with Gasteiger partial charge in [-0.25, -0.2) is 8.78 Å². The van der Waals surface area contributed by atoms with E-state index in [0.717, 1.165) is 23.3 Å². The number of rotatable bonds is 8. The topological polar surface area (TPSA) is 74.8 Å². The molecule has 30 heavy (non-hydrogen) atoms. The van der Waals surface area contributed by atoms with E-state index in [9.17, 15) is 18.4 Å². The maximum atomic E-state index is 13.2. The summed E-state index contributed by atoms with van der Waals surface area (Å²) in [5.41, 5.74) is 2.24. The summed E-state index contributed by atoms with van der Waals surface area (Å²) in [7, 11) is 0. The number of carbonyl (C=O) groups is 2. The van der Waals surface area contributed by atoms with E-state index in [1.54, 1.807) is 0 Å². The molecule has 0 aliphatic carbocycles. The Morgan fingerprint density at radius 3 is 1.97 bits per heavy atom. The van der Waals surface area contributed by atoms with Crippen LogP contribution in [0.1, 0.15) is 17.2 Å². The minimum absolute atomic E-state index is 0.0610. The molecule has 0 saturated carbocycles. The molecule has 154 valence electrons. The molecular weight excluding hydrogens is 388 g/mol. The van der Waals surface area contributed by atoms with Gasteiger partial charge in [0.25, 0.3) is 5.91 Å². The Hall–Kier alpha value is -3.58. The van der Waals surface area contributed by atoms with Crippen molar-refractivity contribution < 1.29 is 23.7 Å². The highest BCUT2D eigenvalue weighted by Gasteiger charge is 2.18. The molecule has 0 unspecified atom stereocenters. The molecule has 0 spiro atoms. The van der Waals surface area contributed by atoms with Crippen molar-refractivity contribution in [2.24, 2.45) is 0 Å². The van der Waals surface area contributed by atoms with Crippen molar-refractivity contribution >= 4 is 17.5 Å². The molecule has 0 heterocycles. The van der Waals surface area contributed by atoms with Gasteiger partial charge in [0.1, 0.15) is 6.04 Å². The molecule has 2 amide bonds. The van der Waals surface area contributed by atoms with Crippen LogP contribution in [-0.2, 0) is 9.59 Å². The first-order chi connectivity index (χ1) is 14.5. The molecule has 7 heteroatoms. The molecule has 0 radical (unpaired) electrons. The summed E-state index contributed by atoms with van der Waals surface area (Å²) in [5, 5.41) is 6.84.